The van der Waals surface area contributed by atoms with Gasteiger partial charge in [-0.1, -0.05) is 13.8 Å². The Bertz CT molecular complexity index is 561. The lowest BCUT2D eigenvalue weighted by molar-refractivity contribution is -0.392. The molecule has 0 radical (unpaired) electrons. The number of hydrogen-bond acceptors (Lipinski definition) is 7. The summed E-state index contributed by atoms with van der Waals surface area (Å²) in [4.78, 5) is 23.6. The zero-order valence-corrected chi connectivity index (χ0v) is 14.7. The zero-order valence-electron chi connectivity index (χ0n) is 14.7. The summed E-state index contributed by atoms with van der Waals surface area (Å²) in [6.07, 6.45) is -0.659. The second-order valence-corrected chi connectivity index (χ2v) is 5.54. The maximum Gasteiger partial charge on any atom is 0.300 e. The lowest BCUT2D eigenvalue weighted by Crippen LogP contribution is -2.54. The van der Waals surface area contributed by atoms with E-state index in [1.54, 1.807) is 11.8 Å². The molecule has 2 atom stereocenters. The van der Waals surface area contributed by atoms with Crippen molar-refractivity contribution in [2.75, 3.05) is 18.0 Å². The van der Waals surface area contributed by atoms with E-state index < -0.39 is 9.85 Å². The highest BCUT2D eigenvalue weighted by molar-refractivity contribution is 5.76. The maximum atomic E-state index is 11.5. The molecule has 0 aromatic heterocycles. The molecule has 9 heteroatoms. The van der Waals surface area contributed by atoms with Crippen LogP contribution in [-0.4, -0.2) is 35.3 Å². The van der Waals surface area contributed by atoms with E-state index in [-0.39, 0.29) is 29.4 Å². The third-order valence-corrected chi connectivity index (χ3v) is 3.70. The van der Waals surface area contributed by atoms with Crippen molar-refractivity contribution >= 4 is 17.1 Å². The average Bonchev–Trinajstić information content (AvgIpc) is 2.48. The van der Waals surface area contributed by atoms with Gasteiger partial charge in [-0.25, -0.2) is 0 Å². The molecular formula is C15H25N5O4. The lowest BCUT2D eigenvalue weighted by Gasteiger charge is -2.36. The van der Waals surface area contributed by atoms with Crippen LogP contribution in [0.5, 0.6) is 0 Å². The quantitative estimate of drug-likeness (QED) is 0.403. The van der Waals surface area contributed by atoms with Gasteiger partial charge in [-0.3, -0.25) is 30.9 Å². The van der Waals surface area contributed by atoms with E-state index in [9.17, 15) is 20.2 Å². The molecule has 0 aliphatic heterocycles. The Morgan fingerprint density at radius 2 is 1.38 bits per heavy atom. The predicted molar refractivity (Wildman–Crippen MR) is 93.2 cm³/mol. The standard InChI is InChI=1S/C15H25N5O4/c1-6-16-11(4)18(12(5)17-7-2)15-13(19(21)22)8-10(3)9-14(15)20(23)24/h8-9,11-12,16-17H,6-7H2,1-5H3. The van der Waals surface area contributed by atoms with E-state index in [1.165, 1.54) is 12.1 Å². The summed E-state index contributed by atoms with van der Waals surface area (Å²) in [6, 6.07) is 2.74. The number of benzene rings is 1. The van der Waals surface area contributed by atoms with Crippen LogP contribution in [0, 0.1) is 27.2 Å². The van der Waals surface area contributed by atoms with Gasteiger partial charge in [-0.15, -0.1) is 0 Å². The maximum absolute atomic E-state index is 11.5. The van der Waals surface area contributed by atoms with E-state index in [2.05, 4.69) is 10.6 Å². The Morgan fingerprint density at radius 3 is 1.67 bits per heavy atom. The molecule has 1 rings (SSSR count). The molecule has 0 fully saturated rings. The molecule has 1 aromatic rings. The topological polar surface area (TPSA) is 114 Å². The number of nitro benzene ring substituents is 2. The summed E-state index contributed by atoms with van der Waals surface area (Å²) in [5.41, 5.74) is -0.0470. The second kappa shape index (κ2) is 8.55. The largest absolute Gasteiger partial charge is 0.330 e. The summed E-state index contributed by atoms with van der Waals surface area (Å²) >= 11 is 0. The first kappa shape index (κ1) is 19.8. The highest BCUT2D eigenvalue weighted by Gasteiger charge is 2.35. The van der Waals surface area contributed by atoms with Gasteiger partial charge in [0.05, 0.1) is 22.2 Å². The Labute approximate surface area is 141 Å². The van der Waals surface area contributed by atoms with Gasteiger partial charge in [0.25, 0.3) is 11.4 Å². The van der Waals surface area contributed by atoms with Crippen molar-refractivity contribution < 1.29 is 9.85 Å². The van der Waals surface area contributed by atoms with Gasteiger partial charge in [-0.05, 0) is 39.4 Å². The van der Waals surface area contributed by atoms with Gasteiger partial charge < -0.3 is 4.90 Å². The molecule has 2 unspecified atom stereocenters. The molecule has 1 aromatic carbocycles. The van der Waals surface area contributed by atoms with Crippen LogP contribution < -0.4 is 15.5 Å². The number of nitrogens with one attached hydrogen (secondary N) is 2. The van der Waals surface area contributed by atoms with E-state index in [4.69, 9.17) is 0 Å². The minimum Gasteiger partial charge on any atom is -0.330 e. The molecule has 0 spiro atoms. The minimum atomic E-state index is -0.570. The van der Waals surface area contributed by atoms with Crippen molar-refractivity contribution in [2.45, 2.75) is 47.0 Å². The Kier molecular flexibility index (Phi) is 7.05. The first-order chi connectivity index (χ1) is 11.2. The third-order valence-electron chi connectivity index (χ3n) is 3.70. The molecule has 0 saturated carbocycles. The van der Waals surface area contributed by atoms with Crippen LogP contribution in [0.1, 0.15) is 33.3 Å². The molecule has 0 bridgehead atoms. The summed E-state index contributed by atoms with van der Waals surface area (Å²) in [5.74, 6) is 0. The van der Waals surface area contributed by atoms with Crippen LogP contribution in [0.3, 0.4) is 0 Å². The third kappa shape index (κ3) is 4.39. The molecular weight excluding hydrogens is 314 g/mol. The number of rotatable bonds is 9. The van der Waals surface area contributed by atoms with Crippen LogP contribution in [0.15, 0.2) is 12.1 Å². The zero-order chi connectivity index (χ0) is 18.4. The number of nitro groups is 2. The molecule has 0 aliphatic carbocycles. The molecule has 0 saturated heterocycles. The molecule has 0 amide bonds. The fourth-order valence-electron chi connectivity index (χ4n) is 2.79. The van der Waals surface area contributed by atoms with Crippen molar-refractivity contribution in [3.63, 3.8) is 0 Å². The molecule has 134 valence electrons. The summed E-state index contributed by atoms with van der Waals surface area (Å²) in [5, 5.41) is 29.4. The lowest BCUT2D eigenvalue weighted by atomic mass is 10.1. The normalized spacial score (nSPS) is 13.4. The smallest absolute Gasteiger partial charge is 0.300 e. The van der Waals surface area contributed by atoms with E-state index in [0.717, 1.165) is 0 Å². The van der Waals surface area contributed by atoms with Crippen molar-refractivity contribution in [3.8, 4) is 0 Å². The van der Waals surface area contributed by atoms with Gasteiger partial charge in [0.15, 0.2) is 5.69 Å². The van der Waals surface area contributed by atoms with Gasteiger partial charge in [0.1, 0.15) is 0 Å². The number of aryl methyl sites for hydroxylation is 1. The van der Waals surface area contributed by atoms with Crippen molar-refractivity contribution in [1.82, 2.24) is 10.6 Å². The monoisotopic (exact) mass is 339 g/mol. The Hall–Kier alpha value is -2.26. The van der Waals surface area contributed by atoms with E-state index in [1.807, 2.05) is 27.7 Å². The van der Waals surface area contributed by atoms with Crippen LogP contribution in [0.4, 0.5) is 17.1 Å². The fourth-order valence-corrected chi connectivity index (χ4v) is 2.79. The number of hydrogen-bond donors (Lipinski definition) is 2. The molecule has 0 heterocycles. The van der Waals surface area contributed by atoms with Crippen LogP contribution in [0.2, 0.25) is 0 Å². The van der Waals surface area contributed by atoms with E-state index >= 15 is 0 Å². The number of nitrogens with zero attached hydrogens (tertiary/aromatic N) is 3. The highest BCUT2D eigenvalue weighted by Crippen LogP contribution is 2.40. The predicted octanol–water partition coefficient (Wildman–Crippen LogP) is 2.53. The van der Waals surface area contributed by atoms with E-state index in [0.29, 0.717) is 18.7 Å². The van der Waals surface area contributed by atoms with Crippen molar-refractivity contribution in [1.29, 1.82) is 0 Å². The van der Waals surface area contributed by atoms with Gasteiger partial charge in [-0.2, -0.15) is 0 Å². The molecule has 9 nitrogen and oxygen atoms in total. The molecule has 24 heavy (non-hydrogen) atoms. The van der Waals surface area contributed by atoms with Crippen LogP contribution >= 0.6 is 0 Å². The van der Waals surface area contributed by atoms with Gasteiger partial charge in [0, 0.05) is 12.1 Å². The molecule has 0 aliphatic rings. The number of anilines is 1. The van der Waals surface area contributed by atoms with Crippen molar-refractivity contribution in [2.24, 2.45) is 0 Å². The van der Waals surface area contributed by atoms with Crippen molar-refractivity contribution in [3.05, 3.63) is 37.9 Å². The first-order valence-electron chi connectivity index (χ1n) is 7.93. The second-order valence-electron chi connectivity index (χ2n) is 5.54. The Balaban J connectivity index is 3.65. The van der Waals surface area contributed by atoms with Crippen LogP contribution in [0.25, 0.3) is 0 Å². The average molecular weight is 339 g/mol. The summed E-state index contributed by atoms with van der Waals surface area (Å²) in [6.45, 7) is 10.3. The van der Waals surface area contributed by atoms with Gasteiger partial charge in [0.2, 0.25) is 0 Å². The SMILES string of the molecule is CCNC(C)N(c1c([N+](=O)[O-])cc(C)cc1[N+](=O)[O-])C(C)NCC. The minimum absolute atomic E-state index is 0.0116. The Morgan fingerprint density at radius 1 is 1.00 bits per heavy atom. The molecule has 2 N–H and O–H groups in total. The first-order valence-corrected chi connectivity index (χ1v) is 7.93. The summed E-state index contributed by atoms with van der Waals surface area (Å²) < 4.78 is 0. The fraction of sp³-hybridized carbons (Fsp3) is 0.600. The van der Waals surface area contributed by atoms with Gasteiger partial charge >= 0.3 is 0 Å². The summed E-state index contributed by atoms with van der Waals surface area (Å²) in [7, 11) is 0. The van der Waals surface area contributed by atoms with Crippen LogP contribution in [-0.2, 0) is 0 Å². The highest BCUT2D eigenvalue weighted by atomic mass is 16.6.